The van der Waals surface area contributed by atoms with Gasteiger partial charge in [-0.05, 0) is 18.6 Å². The summed E-state index contributed by atoms with van der Waals surface area (Å²) in [6, 6.07) is 3.01. The molecule has 1 aromatic rings. The maximum atomic E-state index is 11.7. The number of H-pyrrole nitrogens is 1. The zero-order chi connectivity index (χ0) is 12.0. The van der Waals surface area contributed by atoms with Gasteiger partial charge in [0.15, 0.2) is 0 Å². The molecule has 1 rings (SSSR count). The lowest BCUT2D eigenvalue weighted by Crippen LogP contribution is -2.36. The number of aromatic amines is 1. The molecule has 0 saturated heterocycles. The van der Waals surface area contributed by atoms with Gasteiger partial charge >= 0.3 is 0 Å². The Hall–Kier alpha value is -2.02. The van der Waals surface area contributed by atoms with E-state index in [1.165, 1.54) is 12.3 Å². The van der Waals surface area contributed by atoms with Crippen molar-refractivity contribution in [2.24, 2.45) is 0 Å². The predicted octanol–water partition coefficient (Wildman–Crippen LogP) is 0.907. The van der Waals surface area contributed by atoms with E-state index in [0.29, 0.717) is 6.42 Å². The summed E-state index contributed by atoms with van der Waals surface area (Å²) in [4.78, 5) is 25.5. The van der Waals surface area contributed by atoms with Crippen molar-refractivity contribution in [2.75, 3.05) is 0 Å². The lowest BCUT2D eigenvalue weighted by atomic mass is 10.1. The fourth-order valence-electron chi connectivity index (χ4n) is 1.30. The van der Waals surface area contributed by atoms with Crippen LogP contribution < -0.4 is 10.9 Å². The van der Waals surface area contributed by atoms with Crippen molar-refractivity contribution in [3.8, 4) is 12.3 Å². The van der Waals surface area contributed by atoms with Crippen LogP contribution in [0.1, 0.15) is 30.1 Å². The van der Waals surface area contributed by atoms with Gasteiger partial charge < -0.3 is 10.3 Å². The topological polar surface area (TPSA) is 62.0 Å². The van der Waals surface area contributed by atoms with E-state index in [4.69, 9.17) is 6.42 Å². The number of terminal acetylenes is 1. The summed E-state index contributed by atoms with van der Waals surface area (Å²) in [7, 11) is 0. The van der Waals surface area contributed by atoms with Crippen LogP contribution in [-0.4, -0.2) is 16.9 Å². The quantitative estimate of drug-likeness (QED) is 0.738. The fourth-order valence-corrected chi connectivity index (χ4v) is 1.30. The van der Waals surface area contributed by atoms with E-state index in [1.807, 2.05) is 6.92 Å². The molecule has 0 aliphatic heterocycles. The van der Waals surface area contributed by atoms with Gasteiger partial charge in [0.05, 0.1) is 0 Å². The maximum Gasteiger partial charge on any atom is 0.260 e. The van der Waals surface area contributed by atoms with E-state index >= 15 is 0 Å². The smallest absolute Gasteiger partial charge is 0.260 e. The molecule has 0 saturated carbocycles. The second-order valence-corrected chi connectivity index (χ2v) is 3.40. The Morgan fingerprint density at radius 1 is 1.69 bits per heavy atom. The molecule has 2 N–H and O–H groups in total. The van der Waals surface area contributed by atoms with Crippen LogP contribution in [0.25, 0.3) is 0 Å². The molecule has 0 aliphatic carbocycles. The van der Waals surface area contributed by atoms with Crippen LogP contribution in [0, 0.1) is 12.3 Å². The first-order valence-electron chi connectivity index (χ1n) is 5.11. The second kappa shape index (κ2) is 5.76. The molecule has 0 aliphatic rings. The van der Waals surface area contributed by atoms with Crippen molar-refractivity contribution in [3.05, 3.63) is 34.2 Å². The van der Waals surface area contributed by atoms with Gasteiger partial charge in [0.25, 0.3) is 11.5 Å². The molecular weight excluding hydrogens is 204 g/mol. The number of pyridine rings is 1. The molecule has 0 fully saturated rings. The first-order chi connectivity index (χ1) is 7.69. The number of hydrogen-bond donors (Lipinski definition) is 2. The Morgan fingerprint density at radius 2 is 2.44 bits per heavy atom. The van der Waals surface area contributed by atoms with E-state index in [0.717, 1.165) is 6.42 Å². The summed E-state index contributed by atoms with van der Waals surface area (Å²) < 4.78 is 0. The van der Waals surface area contributed by atoms with Crippen molar-refractivity contribution >= 4 is 5.91 Å². The normalized spacial score (nSPS) is 11.5. The number of hydrogen-bond acceptors (Lipinski definition) is 2. The third kappa shape index (κ3) is 2.99. The highest BCUT2D eigenvalue weighted by Crippen LogP contribution is 1.98. The first-order valence-corrected chi connectivity index (χ1v) is 5.11. The van der Waals surface area contributed by atoms with Gasteiger partial charge in [-0.3, -0.25) is 9.59 Å². The van der Waals surface area contributed by atoms with Gasteiger partial charge in [0.2, 0.25) is 0 Å². The van der Waals surface area contributed by atoms with Gasteiger partial charge in [0.1, 0.15) is 5.56 Å². The lowest BCUT2D eigenvalue weighted by Gasteiger charge is -2.13. The third-order valence-electron chi connectivity index (χ3n) is 2.26. The number of amides is 1. The Morgan fingerprint density at radius 3 is 3.00 bits per heavy atom. The minimum Gasteiger partial charge on any atom is -0.348 e. The molecule has 1 atom stereocenters. The van der Waals surface area contributed by atoms with E-state index in [-0.39, 0.29) is 17.5 Å². The number of aromatic nitrogens is 1. The van der Waals surface area contributed by atoms with Crippen LogP contribution in [0.3, 0.4) is 0 Å². The molecule has 4 heteroatoms. The molecule has 1 unspecified atom stereocenters. The molecule has 1 amide bonds. The first kappa shape index (κ1) is 12.1. The number of rotatable bonds is 4. The van der Waals surface area contributed by atoms with E-state index in [1.54, 1.807) is 6.07 Å². The molecule has 0 aromatic carbocycles. The third-order valence-corrected chi connectivity index (χ3v) is 2.26. The van der Waals surface area contributed by atoms with E-state index < -0.39 is 5.56 Å². The highest BCUT2D eigenvalue weighted by Gasteiger charge is 2.13. The van der Waals surface area contributed by atoms with Crippen LogP contribution in [0.15, 0.2) is 23.1 Å². The summed E-state index contributed by atoms with van der Waals surface area (Å²) in [5.74, 6) is 2.10. The summed E-state index contributed by atoms with van der Waals surface area (Å²) in [5.41, 5.74) is -0.284. The van der Waals surface area contributed by atoms with Gasteiger partial charge in [0, 0.05) is 18.7 Å². The van der Waals surface area contributed by atoms with Gasteiger partial charge in [-0.15, -0.1) is 12.3 Å². The van der Waals surface area contributed by atoms with E-state index in [2.05, 4.69) is 16.2 Å². The molecular formula is C12H14N2O2. The molecule has 16 heavy (non-hydrogen) atoms. The zero-order valence-electron chi connectivity index (χ0n) is 9.12. The molecule has 84 valence electrons. The molecule has 1 heterocycles. The predicted molar refractivity (Wildman–Crippen MR) is 62.1 cm³/mol. The lowest BCUT2D eigenvalue weighted by molar-refractivity contribution is 0.0935. The molecule has 4 nitrogen and oxygen atoms in total. The molecule has 0 bridgehead atoms. The van der Waals surface area contributed by atoms with Gasteiger partial charge in [-0.25, -0.2) is 0 Å². The van der Waals surface area contributed by atoms with Crippen molar-refractivity contribution in [1.82, 2.24) is 10.3 Å². The minimum atomic E-state index is -0.393. The highest BCUT2D eigenvalue weighted by atomic mass is 16.2. The van der Waals surface area contributed by atoms with E-state index in [9.17, 15) is 9.59 Å². The number of carbonyl (C=O) groups excluding carboxylic acids is 1. The molecule has 1 aromatic heterocycles. The molecule has 0 spiro atoms. The SMILES string of the molecule is C#CCC(CC)NC(=O)c1ccc[nH]c1=O. The van der Waals surface area contributed by atoms with Gasteiger partial charge in [-0.2, -0.15) is 0 Å². The standard InChI is InChI=1S/C12H14N2O2/c1-3-6-9(4-2)14-12(16)10-7-5-8-13-11(10)15/h1,5,7-9H,4,6H2,2H3,(H,13,15)(H,14,16). The average Bonchev–Trinajstić information content (AvgIpc) is 2.28. The Bertz CT molecular complexity index is 457. The molecule has 0 radical (unpaired) electrons. The summed E-state index contributed by atoms with van der Waals surface area (Å²) in [6.45, 7) is 1.93. The van der Waals surface area contributed by atoms with Crippen molar-refractivity contribution in [1.29, 1.82) is 0 Å². The highest BCUT2D eigenvalue weighted by molar-refractivity contribution is 5.93. The van der Waals surface area contributed by atoms with Crippen LogP contribution in [0.5, 0.6) is 0 Å². The number of carbonyl (C=O) groups is 1. The van der Waals surface area contributed by atoms with Crippen molar-refractivity contribution in [2.45, 2.75) is 25.8 Å². The Balaban J connectivity index is 2.77. The fraction of sp³-hybridized carbons (Fsp3) is 0.333. The maximum absolute atomic E-state index is 11.7. The van der Waals surface area contributed by atoms with Crippen LogP contribution >= 0.6 is 0 Å². The largest absolute Gasteiger partial charge is 0.348 e. The van der Waals surface area contributed by atoms with Crippen LogP contribution in [-0.2, 0) is 0 Å². The van der Waals surface area contributed by atoms with Crippen LogP contribution in [0.2, 0.25) is 0 Å². The summed E-state index contributed by atoms with van der Waals surface area (Å²) in [5, 5.41) is 2.72. The summed E-state index contributed by atoms with van der Waals surface area (Å²) >= 11 is 0. The average molecular weight is 218 g/mol. The number of nitrogens with one attached hydrogen (secondary N) is 2. The Labute approximate surface area is 94.1 Å². The van der Waals surface area contributed by atoms with Crippen molar-refractivity contribution in [3.63, 3.8) is 0 Å². The monoisotopic (exact) mass is 218 g/mol. The summed E-state index contributed by atoms with van der Waals surface area (Å²) in [6.07, 6.45) is 7.87. The zero-order valence-corrected chi connectivity index (χ0v) is 9.12. The Kier molecular flexibility index (Phi) is 4.34. The van der Waals surface area contributed by atoms with Crippen LogP contribution in [0.4, 0.5) is 0 Å². The van der Waals surface area contributed by atoms with Crippen molar-refractivity contribution < 1.29 is 4.79 Å². The van der Waals surface area contributed by atoms with Gasteiger partial charge in [-0.1, -0.05) is 6.92 Å². The second-order valence-electron chi connectivity index (χ2n) is 3.40. The minimum absolute atomic E-state index is 0.0860.